The summed E-state index contributed by atoms with van der Waals surface area (Å²) < 4.78 is 5.23. The van der Waals surface area contributed by atoms with Gasteiger partial charge in [0.15, 0.2) is 0 Å². The van der Waals surface area contributed by atoms with Crippen LogP contribution in [0.1, 0.15) is 56.0 Å². The second kappa shape index (κ2) is 8.21. The first-order valence-electron chi connectivity index (χ1n) is 9.76. The summed E-state index contributed by atoms with van der Waals surface area (Å²) in [6, 6.07) is 0.678. The summed E-state index contributed by atoms with van der Waals surface area (Å²) in [6.45, 7) is 10.1. The van der Waals surface area contributed by atoms with Crippen LogP contribution in [0.25, 0.3) is 0 Å². The standard InChI is InChI=1S/C19H32N4O2/c1-14(12-18-15(2)21-25-16(18)3)20-19(24)23-11-5-4-8-17(13-23)22-9-6-7-10-22/h14,17H,4-13H2,1-3H3,(H,20,24)/t14-,17-/m0/s1. The molecule has 1 aromatic rings. The van der Waals surface area contributed by atoms with Crippen LogP contribution >= 0.6 is 0 Å². The number of likely N-dealkylation sites (tertiary alicyclic amines) is 2. The molecule has 0 bridgehead atoms. The van der Waals surface area contributed by atoms with Crippen molar-refractivity contribution in [3.63, 3.8) is 0 Å². The van der Waals surface area contributed by atoms with Crippen molar-refractivity contribution in [2.45, 2.75) is 71.4 Å². The molecule has 6 heteroatoms. The molecule has 1 aromatic heterocycles. The van der Waals surface area contributed by atoms with Gasteiger partial charge in [-0.3, -0.25) is 4.90 Å². The van der Waals surface area contributed by atoms with E-state index in [-0.39, 0.29) is 12.1 Å². The molecule has 0 radical (unpaired) electrons. The van der Waals surface area contributed by atoms with Crippen molar-refractivity contribution in [2.24, 2.45) is 0 Å². The van der Waals surface area contributed by atoms with Crippen molar-refractivity contribution in [1.82, 2.24) is 20.3 Å². The lowest BCUT2D eigenvalue weighted by Gasteiger charge is -2.31. The number of aryl methyl sites for hydroxylation is 2. The lowest BCUT2D eigenvalue weighted by molar-refractivity contribution is 0.164. The predicted octanol–water partition coefficient (Wildman–Crippen LogP) is 2.88. The number of aromatic nitrogens is 1. The Bertz CT molecular complexity index is 560. The van der Waals surface area contributed by atoms with Gasteiger partial charge >= 0.3 is 6.03 Å². The van der Waals surface area contributed by atoms with Crippen molar-refractivity contribution in [3.8, 4) is 0 Å². The molecule has 1 N–H and O–H groups in total. The molecular weight excluding hydrogens is 316 g/mol. The van der Waals surface area contributed by atoms with E-state index in [0.717, 1.165) is 42.9 Å². The smallest absolute Gasteiger partial charge is 0.317 e. The minimum absolute atomic E-state index is 0.0674. The molecule has 2 aliphatic rings. The van der Waals surface area contributed by atoms with E-state index in [1.165, 1.54) is 38.8 Å². The Morgan fingerprint density at radius 3 is 2.64 bits per heavy atom. The Morgan fingerprint density at radius 1 is 1.24 bits per heavy atom. The van der Waals surface area contributed by atoms with Crippen molar-refractivity contribution < 1.29 is 9.32 Å². The van der Waals surface area contributed by atoms with Gasteiger partial charge in [-0.2, -0.15) is 0 Å². The average molecular weight is 348 g/mol. The summed E-state index contributed by atoms with van der Waals surface area (Å²) in [6.07, 6.45) is 6.92. The van der Waals surface area contributed by atoms with Crippen LogP contribution in [0.3, 0.4) is 0 Å². The monoisotopic (exact) mass is 348 g/mol. The van der Waals surface area contributed by atoms with E-state index < -0.39 is 0 Å². The molecule has 3 heterocycles. The maximum absolute atomic E-state index is 12.8. The Labute approximate surface area is 150 Å². The number of hydrogen-bond acceptors (Lipinski definition) is 4. The van der Waals surface area contributed by atoms with Gasteiger partial charge in [-0.1, -0.05) is 11.6 Å². The molecule has 2 saturated heterocycles. The Kier molecular flexibility index (Phi) is 5.99. The number of hydrogen-bond donors (Lipinski definition) is 1. The zero-order valence-electron chi connectivity index (χ0n) is 15.9. The summed E-state index contributed by atoms with van der Waals surface area (Å²) in [7, 11) is 0. The van der Waals surface area contributed by atoms with Crippen molar-refractivity contribution >= 4 is 6.03 Å². The molecule has 25 heavy (non-hydrogen) atoms. The molecule has 2 aliphatic heterocycles. The van der Waals surface area contributed by atoms with Gasteiger partial charge in [-0.15, -0.1) is 0 Å². The SMILES string of the molecule is Cc1noc(C)c1C[C@H](C)NC(=O)N1CCCC[C@H](N2CCCC2)C1. The number of carbonyl (C=O) groups is 1. The van der Waals surface area contributed by atoms with Crippen LogP contribution < -0.4 is 5.32 Å². The van der Waals surface area contributed by atoms with Crippen molar-refractivity contribution in [3.05, 3.63) is 17.0 Å². The molecule has 0 spiro atoms. The summed E-state index contributed by atoms with van der Waals surface area (Å²) in [5.74, 6) is 0.850. The highest BCUT2D eigenvalue weighted by atomic mass is 16.5. The van der Waals surface area contributed by atoms with Gasteiger partial charge < -0.3 is 14.7 Å². The minimum Gasteiger partial charge on any atom is -0.361 e. The fourth-order valence-corrected chi connectivity index (χ4v) is 4.16. The summed E-state index contributed by atoms with van der Waals surface area (Å²) in [5, 5.41) is 7.18. The minimum atomic E-state index is 0.0674. The zero-order chi connectivity index (χ0) is 17.8. The molecule has 140 valence electrons. The lowest BCUT2D eigenvalue weighted by Crippen LogP contribution is -2.49. The highest BCUT2D eigenvalue weighted by Crippen LogP contribution is 2.21. The summed E-state index contributed by atoms with van der Waals surface area (Å²) >= 11 is 0. The summed E-state index contributed by atoms with van der Waals surface area (Å²) in [4.78, 5) is 17.4. The second-order valence-corrected chi connectivity index (χ2v) is 7.70. The highest BCUT2D eigenvalue weighted by molar-refractivity contribution is 5.74. The first-order chi connectivity index (χ1) is 12.0. The third-order valence-electron chi connectivity index (χ3n) is 5.65. The number of urea groups is 1. The molecule has 2 amide bonds. The van der Waals surface area contributed by atoms with Gasteiger partial charge in [0, 0.05) is 30.7 Å². The van der Waals surface area contributed by atoms with Gasteiger partial charge in [0.05, 0.1) is 5.69 Å². The van der Waals surface area contributed by atoms with E-state index in [0.29, 0.717) is 6.04 Å². The number of nitrogens with zero attached hydrogens (tertiary/aromatic N) is 3. The van der Waals surface area contributed by atoms with Gasteiger partial charge in [-0.05, 0) is 66.0 Å². The van der Waals surface area contributed by atoms with Crippen LogP contribution in [0.5, 0.6) is 0 Å². The molecule has 0 unspecified atom stereocenters. The van der Waals surface area contributed by atoms with Gasteiger partial charge in [0.25, 0.3) is 0 Å². The van der Waals surface area contributed by atoms with Crippen LogP contribution in [0.2, 0.25) is 0 Å². The topological polar surface area (TPSA) is 61.6 Å². The number of amides is 2. The molecule has 0 saturated carbocycles. The Balaban J connectivity index is 1.55. The quantitative estimate of drug-likeness (QED) is 0.909. The van der Waals surface area contributed by atoms with E-state index in [1.54, 1.807) is 0 Å². The third-order valence-corrected chi connectivity index (χ3v) is 5.65. The maximum Gasteiger partial charge on any atom is 0.317 e. The van der Waals surface area contributed by atoms with E-state index in [9.17, 15) is 4.79 Å². The fraction of sp³-hybridized carbons (Fsp3) is 0.789. The maximum atomic E-state index is 12.8. The van der Waals surface area contributed by atoms with Gasteiger partial charge in [0.1, 0.15) is 5.76 Å². The van der Waals surface area contributed by atoms with Crippen LogP contribution in [0.15, 0.2) is 4.52 Å². The second-order valence-electron chi connectivity index (χ2n) is 7.70. The summed E-state index contributed by atoms with van der Waals surface area (Å²) in [5.41, 5.74) is 2.03. The molecule has 0 aliphatic carbocycles. The number of rotatable bonds is 4. The van der Waals surface area contributed by atoms with Crippen LogP contribution in [-0.4, -0.2) is 59.3 Å². The van der Waals surface area contributed by atoms with Crippen LogP contribution in [-0.2, 0) is 6.42 Å². The van der Waals surface area contributed by atoms with Crippen molar-refractivity contribution in [1.29, 1.82) is 0 Å². The molecule has 6 nitrogen and oxygen atoms in total. The largest absolute Gasteiger partial charge is 0.361 e. The predicted molar refractivity (Wildman–Crippen MR) is 97.7 cm³/mol. The normalized spacial score (nSPS) is 23.5. The lowest BCUT2D eigenvalue weighted by atomic mass is 10.1. The van der Waals surface area contributed by atoms with Gasteiger partial charge in [0.2, 0.25) is 0 Å². The Hall–Kier alpha value is -1.56. The number of nitrogens with one attached hydrogen (secondary N) is 1. The van der Waals surface area contributed by atoms with E-state index in [4.69, 9.17) is 4.52 Å². The molecule has 2 fully saturated rings. The van der Waals surface area contributed by atoms with Crippen LogP contribution in [0, 0.1) is 13.8 Å². The first-order valence-corrected chi connectivity index (χ1v) is 9.76. The van der Waals surface area contributed by atoms with Gasteiger partial charge in [-0.25, -0.2) is 4.79 Å². The average Bonchev–Trinajstić information content (AvgIpc) is 3.14. The molecule has 3 rings (SSSR count). The Morgan fingerprint density at radius 2 is 1.96 bits per heavy atom. The molecule has 2 atom stereocenters. The first kappa shape index (κ1) is 18.2. The van der Waals surface area contributed by atoms with E-state index >= 15 is 0 Å². The number of carbonyl (C=O) groups excluding carboxylic acids is 1. The zero-order valence-corrected chi connectivity index (χ0v) is 15.9. The van der Waals surface area contributed by atoms with E-state index in [1.807, 2.05) is 18.7 Å². The fourth-order valence-electron chi connectivity index (χ4n) is 4.16. The molecule has 0 aromatic carbocycles. The third kappa shape index (κ3) is 4.54. The van der Waals surface area contributed by atoms with E-state index in [2.05, 4.69) is 22.3 Å². The van der Waals surface area contributed by atoms with Crippen molar-refractivity contribution in [2.75, 3.05) is 26.2 Å². The molecular formula is C19H32N4O2. The highest BCUT2D eigenvalue weighted by Gasteiger charge is 2.28. The van der Waals surface area contributed by atoms with Crippen LogP contribution in [0.4, 0.5) is 4.79 Å².